The average Bonchev–Trinajstić information content (AvgIpc) is 3.13. The number of carbonyl (C=O) groups excluding carboxylic acids is 1. The molecule has 1 fully saturated rings. The molecular formula is C18H19BrFN3O3. The van der Waals surface area contributed by atoms with Gasteiger partial charge in [0.1, 0.15) is 23.4 Å². The number of rotatable bonds is 5. The van der Waals surface area contributed by atoms with E-state index in [1.807, 2.05) is 12.1 Å². The van der Waals surface area contributed by atoms with Crippen molar-refractivity contribution in [1.82, 2.24) is 10.9 Å². The number of hydrazine groups is 1. The van der Waals surface area contributed by atoms with E-state index in [1.54, 1.807) is 26.4 Å². The molecule has 0 saturated carbocycles. The van der Waals surface area contributed by atoms with Gasteiger partial charge in [-0.3, -0.25) is 4.79 Å². The van der Waals surface area contributed by atoms with Gasteiger partial charge in [-0.2, -0.15) is 0 Å². The van der Waals surface area contributed by atoms with Crippen LogP contribution in [0.3, 0.4) is 0 Å². The number of benzene rings is 2. The maximum atomic E-state index is 13.9. The highest BCUT2D eigenvalue weighted by atomic mass is 79.9. The molecule has 1 heterocycles. The minimum absolute atomic E-state index is 0.124. The maximum Gasteiger partial charge on any atom is 0.243 e. The third-order valence-electron chi connectivity index (χ3n) is 4.22. The summed E-state index contributed by atoms with van der Waals surface area (Å²) in [6.45, 7) is 0. The number of halogens is 2. The monoisotopic (exact) mass is 423 g/mol. The second-order valence-corrected chi connectivity index (χ2v) is 6.77. The third kappa shape index (κ3) is 3.98. The molecule has 2 atom stereocenters. The number of hydrogen-bond acceptors (Lipinski definition) is 5. The molecule has 2 aromatic rings. The van der Waals surface area contributed by atoms with Crippen molar-refractivity contribution in [1.29, 1.82) is 0 Å². The van der Waals surface area contributed by atoms with Crippen LogP contribution in [0.15, 0.2) is 40.9 Å². The Morgan fingerprint density at radius 2 is 2.00 bits per heavy atom. The Balaban J connectivity index is 1.69. The first-order valence-electron chi connectivity index (χ1n) is 8.00. The number of methoxy groups -OCH3 is 2. The predicted molar refractivity (Wildman–Crippen MR) is 99.7 cm³/mol. The molecule has 1 amide bonds. The quantitative estimate of drug-likeness (QED) is 0.688. The van der Waals surface area contributed by atoms with Gasteiger partial charge in [0, 0.05) is 16.1 Å². The summed E-state index contributed by atoms with van der Waals surface area (Å²) in [5, 5.41) is 2.61. The minimum atomic E-state index is -0.505. The lowest BCUT2D eigenvalue weighted by Crippen LogP contribution is -2.39. The Bertz CT molecular complexity index is 818. The van der Waals surface area contributed by atoms with Crippen LogP contribution in [0, 0.1) is 5.82 Å². The second-order valence-electron chi connectivity index (χ2n) is 5.85. The second kappa shape index (κ2) is 8.03. The maximum absolute atomic E-state index is 13.9. The Labute approximate surface area is 159 Å². The number of hydrogen-bond donors (Lipinski definition) is 3. The molecule has 2 aromatic carbocycles. The molecule has 2 unspecified atom stereocenters. The smallest absolute Gasteiger partial charge is 0.243 e. The third-order valence-corrected chi connectivity index (χ3v) is 4.72. The van der Waals surface area contributed by atoms with Crippen LogP contribution in [0.4, 0.5) is 10.1 Å². The summed E-state index contributed by atoms with van der Waals surface area (Å²) >= 11 is 3.19. The Kier molecular flexibility index (Phi) is 5.75. The number of ether oxygens (including phenoxy) is 2. The van der Waals surface area contributed by atoms with Gasteiger partial charge in [0.25, 0.3) is 0 Å². The topological polar surface area (TPSA) is 71.6 Å². The summed E-state index contributed by atoms with van der Waals surface area (Å²) in [7, 11) is 3.17. The lowest BCUT2D eigenvalue weighted by molar-refractivity contribution is -0.117. The van der Waals surface area contributed by atoms with E-state index in [1.165, 1.54) is 12.1 Å². The van der Waals surface area contributed by atoms with Crippen LogP contribution in [0.2, 0.25) is 0 Å². The van der Waals surface area contributed by atoms with E-state index in [4.69, 9.17) is 9.47 Å². The molecule has 3 N–H and O–H groups in total. The van der Waals surface area contributed by atoms with Gasteiger partial charge in [-0.1, -0.05) is 22.0 Å². The van der Waals surface area contributed by atoms with E-state index in [9.17, 15) is 9.18 Å². The van der Waals surface area contributed by atoms with Gasteiger partial charge in [0.2, 0.25) is 5.91 Å². The van der Waals surface area contributed by atoms with Crippen molar-refractivity contribution in [3.63, 3.8) is 0 Å². The Morgan fingerprint density at radius 3 is 2.69 bits per heavy atom. The molecule has 3 rings (SSSR count). The van der Waals surface area contributed by atoms with Gasteiger partial charge in [0.15, 0.2) is 0 Å². The molecule has 1 saturated heterocycles. The van der Waals surface area contributed by atoms with Crippen molar-refractivity contribution in [3.8, 4) is 11.5 Å². The van der Waals surface area contributed by atoms with E-state index in [0.717, 1.165) is 5.56 Å². The van der Waals surface area contributed by atoms with Crippen molar-refractivity contribution in [2.75, 3.05) is 19.5 Å². The number of amides is 1. The minimum Gasteiger partial charge on any atom is -0.497 e. The summed E-state index contributed by atoms with van der Waals surface area (Å²) in [5.74, 6) is 0.556. The Morgan fingerprint density at radius 1 is 1.19 bits per heavy atom. The summed E-state index contributed by atoms with van der Waals surface area (Å²) < 4.78 is 25.1. The molecule has 1 aliphatic heterocycles. The van der Waals surface area contributed by atoms with E-state index in [0.29, 0.717) is 22.4 Å². The summed E-state index contributed by atoms with van der Waals surface area (Å²) in [6.07, 6.45) is 0.493. The van der Waals surface area contributed by atoms with Crippen LogP contribution in [-0.2, 0) is 4.79 Å². The first-order valence-corrected chi connectivity index (χ1v) is 8.80. The van der Waals surface area contributed by atoms with Crippen LogP contribution >= 0.6 is 15.9 Å². The highest BCUT2D eigenvalue weighted by Crippen LogP contribution is 2.33. The Hall–Kier alpha value is -2.16. The van der Waals surface area contributed by atoms with Gasteiger partial charge in [-0.15, -0.1) is 0 Å². The van der Waals surface area contributed by atoms with Gasteiger partial charge in [-0.05, 0) is 30.7 Å². The van der Waals surface area contributed by atoms with E-state index < -0.39 is 11.9 Å². The van der Waals surface area contributed by atoms with Crippen LogP contribution in [0.5, 0.6) is 11.5 Å². The summed E-state index contributed by atoms with van der Waals surface area (Å²) in [5.41, 5.74) is 7.10. The number of anilines is 1. The van der Waals surface area contributed by atoms with Crippen molar-refractivity contribution in [2.45, 2.75) is 18.5 Å². The fourth-order valence-corrected chi connectivity index (χ4v) is 3.18. The van der Waals surface area contributed by atoms with Crippen LogP contribution in [0.1, 0.15) is 18.0 Å². The lowest BCUT2D eigenvalue weighted by Gasteiger charge is -2.15. The van der Waals surface area contributed by atoms with E-state index in [-0.39, 0.29) is 17.6 Å². The van der Waals surface area contributed by atoms with Crippen molar-refractivity contribution in [2.24, 2.45) is 0 Å². The molecule has 0 aromatic heterocycles. The van der Waals surface area contributed by atoms with Crippen LogP contribution in [0.25, 0.3) is 0 Å². The molecule has 1 aliphatic rings. The fraction of sp³-hybridized carbons (Fsp3) is 0.278. The largest absolute Gasteiger partial charge is 0.497 e. The first-order chi connectivity index (χ1) is 12.5. The van der Waals surface area contributed by atoms with Gasteiger partial charge < -0.3 is 14.8 Å². The zero-order valence-corrected chi connectivity index (χ0v) is 15.9. The van der Waals surface area contributed by atoms with Crippen molar-refractivity contribution in [3.05, 3.63) is 52.3 Å². The SMILES string of the molecule is COc1ccc(C2CC(C(=O)Nc3ccc(Br)cc3F)NN2)c(OC)c1. The molecule has 138 valence electrons. The molecular weight excluding hydrogens is 405 g/mol. The molecule has 0 bridgehead atoms. The van der Waals surface area contributed by atoms with Crippen LogP contribution < -0.4 is 25.6 Å². The number of carbonyl (C=O) groups is 1. The van der Waals surface area contributed by atoms with Gasteiger partial charge in [-0.25, -0.2) is 15.2 Å². The standard InChI is InChI=1S/C18H19BrFN3O3/c1-25-11-4-5-12(17(8-11)26-2)15-9-16(23-22-15)18(24)21-14-6-3-10(19)7-13(14)20/h3-8,15-16,22-23H,9H2,1-2H3,(H,21,24). The summed E-state index contributed by atoms with van der Waals surface area (Å²) in [4.78, 5) is 12.4. The first kappa shape index (κ1) is 18.6. The van der Waals surface area contributed by atoms with Crippen molar-refractivity contribution >= 4 is 27.5 Å². The van der Waals surface area contributed by atoms with Crippen molar-refractivity contribution < 1.29 is 18.7 Å². The highest BCUT2D eigenvalue weighted by Gasteiger charge is 2.32. The van der Waals surface area contributed by atoms with Gasteiger partial charge >= 0.3 is 0 Å². The molecule has 8 heteroatoms. The molecule has 0 spiro atoms. The highest BCUT2D eigenvalue weighted by molar-refractivity contribution is 9.10. The average molecular weight is 424 g/mol. The summed E-state index contributed by atoms with van der Waals surface area (Å²) in [6, 6.07) is 9.39. The molecule has 0 radical (unpaired) electrons. The molecule has 6 nitrogen and oxygen atoms in total. The molecule has 26 heavy (non-hydrogen) atoms. The zero-order chi connectivity index (χ0) is 18.7. The molecule has 0 aliphatic carbocycles. The predicted octanol–water partition coefficient (Wildman–Crippen LogP) is 3.15. The van der Waals surface area contributed by atoms with E-state index >= 15 is 0 Å². The lowest BCUT2D eigenvalue weighted by atomic mass is 10.0. The van der Waals surface area contributed by atoms with Gasteiger partial charge in [0.05, 0.1) is 25.9 Å². The van der Waals surface area contributed by atoms with E-state index in [2.05, 4.69) is 32.1 Å². The number of nitrogens with one attached hydrogen (secondary N) is 3. The fourth-order valence-electron chi connectivity index (χ4n) is 2.85. The normalized spacial score (nSPS) is 19.2. The van der Waals surface area contributed by atoms with Crippen LogP contribution in [-0.4, -0.2) is 26.2 Å². The zero-order valence-electron chi connectivity index (χ0n) is 14.3.